The summed E-state index contributed by atoms with van der Waals surface area (Å²) in [4.78, 5) is 16.4. The van der Waals surface area contributed by atoms with Gasteiger partial charge in [-0.05, 0) is 19.1 Å². The first-order chi connectivity index (χ1) is 8.58. The summed E-state index contributed by atoms with van der Waals surface area (Å²) >= 11 is 7.33. The molecule has 1 heterocycles. The van der Waals surface area contributed by atoms with Gasteiger partial charge in [-0.1, -0.05) is 35.5 Å². The predicted octanol–water partition coefficient (Wildman–Crippen LogP) is 3.44. The van der Waals surface area contributed by atoms with Gasteiger partial charge in [0.25, 0.3) is 0 Å². The van der Waals surface area contributed by atoms with Gasteiger partial charge in [0.05, 0.1) is 5.25 Å². The molecule has 1 unspecified atom stereocenters. The van der Waals surface area contributed by atoms with Crippen molar-refractivity contribution in [3.8, 4) is 0 Å². The summed E-state index contributed by atoms with van der Waals surface area (Å²) in [6.45, 7) is 1.88. The lowest BCUT2D eigenvalue weighted by Crippen LogP contribution is -2.14. The van der Waals surface area contributed by atoms with Crippen molar-refractivity contribution < 1.29 is 4.79 Å². The van der Waals surface area contributed by atoms with Gasteiger partial charge in [-0.3, -0.25) is 4.79 Å². The molecule has 1 atom stereocenters. The highest BCUT2D eigenvalue weighted by Crippen LogP contribution is 2.24. The number of hydrogen-bond donors (Lipinski definition) is 0. The van der Waals surface area contributed by atoms with E-state index < -0.39 is 0 Å². The van der Waals surface area contributed by atoms with Crippen LogP contribution in [0.3, 0.4) is 0 Å². The Hall–Kier alpha value is -1.26. The summed E-state index contributed by atoms with van der Waals surface area (Å²) in [7, 11) is 1.91. The Morgan fingerprint density at radius 3 is 2.89 bits per heavy atom. The molecule has 0 bridgehead atoms. The van der Waals surface area contributed by atoms with Gasteiger partial charge in [-0.15, -0.1) is 0 Å². The molecule has 2 aromatic rings. The number of carbonyl (C=O) groups excluding carboxylic acids is 1. The van der Waals surface area contributed by atoms with Gasteiger partial charge in [0.1, 0.15) is 0 Å². The SMILES string of the molecule is CC(Sc1nccn1C)C(=O)c1cccc(Cl)c1. The Bertz CT molecular complexity index is 568. The fraction of sp³-hybridized carbons (Fsp3) is 0.231. The molecule has 0 amide bonds. The number of ketones is 1. The molecule has 0 radical (unpaired) electrons. The Morgan fingerprint density at radius 1 is 1.50 bits per heavy atom. The van der Waals surface area contributed by atoms with Crippen molar-refractivity contribution in [1.29, 1.82) is 0 Å². The summed E-state index contributed by atoms with van der Waals surface area (Å²) in [5.41, 5.74) is 0.636. The number of benzene rings is 1. The van der Waals surface area contributed by atoms with Crippen molar-refractivity contribution in [2.75, 3.05) is 0 Å². The standard InChI is InChI=1S/C13H13ClN2OS/c1-9(18-13-15-6-7-16(13)2)12(17)10-4-3-5-11(14)8-10/h3-9H,1-2H3. The van der Waals surface area contributed by atoms with Crippen LogP contribution in [0.1, 0.15) is 17.3 Å². The molecule has 0 saturated carbocycles. The Balaban J connectivity index is 2.12. The molecular formula is C13H13ClN2OS. The van der Waals surface area contributed by atoms with Crippen molar-refractivity contribution in [3.63, 3.8) is 0 Å². The molecule has 1 aromatic carbocycles. The lowest BCUT2D eigenvalue weighted by atomic mass is 10.1. The molecule has 3 nitrogen and oxygen atoms in total. The molecule has 0 N–H and O–H groups in total. The minimum atomic E-state index is -0.190. The fourth-order valence-electron chi connectivity index (χ4n) is 1.55. The molecule has 0 aliphatic rings. The van der Waals surface area contributed by atoms with Gasteiger partial charge in [0, 0.05) is 30.0 Å². The lowest BCUT2D eigenvalue weighted by Gasteiger charge is -2.10. The zero-order valence-corrected chi connectivity index (χ0v) is 11.7. The van der Waals surface area contributed by atoms with Gasteiger partial charge < -0.3 is 4.57 Å². The number of halogens is 1. The third-order valence-corrected chi connectivity index (χ3v) is 3.94. The first-order valence-electron chi connectivity index (χ1n) is 5.51. The normalized spacial score (nSPS) is 12.4. The summed E-state index contributed by atoms with van der Waals surface area (Å²) in [6.07, 6.45) is 3.58. The molecular weight excluding hydrogens is 268 g/mol. The molecule has 5 heteroatoms. The van der Waals surface area contributed by atoms with Crippen LogP contribution >= 0.6 is 23.4 Å². The fourth-order valence-corrected chi connectivity index (χ4v) is 2.65. The minimum absolute atomic E-state index is 0.0606. The molecule has 0 aliphatic carbocycles. The monoisotopic (exact) mass is 280 g/mol. The summed E-state index contributed by atoms with van der Waals surface area (Å²) < 4.78 is 1.90. The minimum Gasteiger partial charge on any atom is -0.329 e. The number of nitrogens with zero attached hydrogens (tertiary/aromatic N) is 2. The van der Waals surface area contributed by atoms with E-state index in [4.69, 9.17) is 11.6 Å². The van der Waals surface area contributed by atoms with Crippen molar-refractivity contribution in [2.24, 2.45) is 7.05 Å². The first kappa shape index (κ1) is 13.2. The number of rotatable bonds is 4. The smallest absolute Gasteiger partial charge is 0.176 e. The van der Waals surface area contributed by atoms with Crippen LogP contribution in [0.4, 0.5) is 0 Å². The van der Waals surface area contributed by atoms with Gasteiger partial charge in [-0.2, -0.15) is 0 Å². The van der Waals surface area contributed by atoms with Crippen molar-refractivity contribution in [1.82, 2.24) is 9.55 Å². The van der Waals surface area contributed by atoms with Crippen LogP contribution in [-0.2, 0) is 7.05 Å². The van der Waals surface area contributed by atoms with Gasteiger partial charge in [0.15, 0.2) is 10.9 Å². The van der Waals surface area contributed by atoms with Crippen molar-refractivity contribution in [2.45, 2.75) is 17.3 Å². The zero-order chi connectivity index (χ0) is 13.1. The van der Waals surface area contributed by atoms with E-state index in [1.54, 1.807) is 30.5 Å². The molecule has 0 spiro atoms. The van der Waals surface area contributed by atoms with E-state index in [1.807, 2.05) is 24.7 Å². The highest BCUT2D eigenvalue weighted by molar-refractivity contribution is 8.00. The van der Waals surface area contributed by atoms with E-state index in [0.717, 1.165) is 5.16 Å². The summed E-state index contributed by atoms with van der Waals surface area (Å²) in [5.74, 6) is 0.0606. The summed E-state index contributed by atoms with van der Waals surface area (Å²) in [5, 5.41) is 1.22. The maximum atomic E-state index is 12.2. The number of hydrogen-bond acceptors (Lipinski definition) is 3. The van der Waals surface area contributed by atoms with Crippen LogP contribution in [-0.4, -0.2) is 20.6 Å². The molecule has 94 valence electrons. The van der Waals surface area contributed by atoms with Crippen molar-refractivity contribution in [3.05, 3.63) is 47.2 Å². The Labute approximate surface area is 115 Å². The van der Waals surface area contributed by atoms with Gasteiger partial charge >= 0.3 is 0 Å². The number of aromatic nitrogens is 2. The molecule has 0 fully saturated rings. The average Bonchev–Trinajstić information content (AvgIpc) is 2.74. The van der Waals surface area contributed by atoms with E-state index in [2.05, 4.69) is 4.98 Å². The number of carbonyl (C=O) groups is 1. The highest BCUT2D eigenvalue weighted by Gasteiger charge is 2.18. The molecule has 0 aliphatic heterocycles. The molecule has 2 rings (SSSR count). The Kier molecular flexibility index (Phi) is 4.09. The third kappa shape index (κ3) is 2.94. The van der Waals surface area contributed by atoms with Crippen LogP contribution in [0.2, 0.25) is 5.02 Å². The summed E-state index contributed by atoms with van der Waals surface area (Å²) in [6, 6.07) is 7.02. The van der Waals surface area contributed by atoms with Crippen LogP contribution in [0.25, 0.3) is 0 Å². The van der Waals surface area contributed by atoms with E-state index in [-0.39, 0.29) is 11.0 Å². The third-order valence-electron chi connectivity index (χ3n) is 2.54. The number of thioether (sulfide) groups is 1. The largest absolute Gasteiger partial charge is 0.329 e. The second-order valence-corrected chi connectivity index (χ2v) is 5.70. The zero-order valence-electron chi connectivity index (χ0n) is 10.1. The average molecular weight is 281 g/mol. The van der Waals surface area contributed by atoms with E-state index >= 15 is 0 Å². The van der Waals surface area contributed by atoms with E-state index in [1.165, 1.54) is 11.8 Å². The van der Waals surface area contributed by atoms with Crippen molar-refractivity contribution >= 4 is 29.1 Å². The maximum Gasteiger partial charge on any atom is 0.176 e. The second-order valence-electron chi connectivity index (χ2n) is 3.96. The quantitative estimate of drug-likeness (QED) is 0.636. The molecule has 1 aromatic heterocycles. The number of Topliss-reactive ketones (excluding diaryl/α,β-unsaturated/α-hetero) is 1. The molecule has 0 saturated heterocycles. The van der Waals surface area contributed by atoms with Gasteiger partial charge in [-0.25, -0.2) is 4.98 Å². The maximum absolute atomic E-state index is 12.2. The topological polar surface area (TPSA) is 34.9 Å². The van der Waals surface area contributed by atoms with Crippen LogP contribution in [0.5, 0.6) is 0 Å². The predicted molar refractivity (Wildman–Crippen MR) is 74.3 cm³/mol. The second kappa shape index (κ2) is 5.59. The van der Waals surface area contributed by atoms with Crippen LogP contribution in [0, 0.1) is 0 Å². The number of aryl methyl sites for hydroxylation is 1. The number of imidazole rings is 1. The van der Waals surface area contributed by atoms with E-state index in [9.17, 15) is 4.79 Å². The first-order valence-corrected chi connectivity index (χ1v) is 6.77. The lowest BCUT2D eigenvalue weighted by molar-refractivity contribution is 0.0994. The van der Waals surface area contributed by atoms with Gasteiger partial charge in [0.2, 0.25) is 0 Å². The Morgan fingerprint density at radius 2 is 2.28 bits per heavy atom. The van der Waals surface area contributed by atoms with Crippen LogP contribution in [0.15, 0.2) is 41.8 Å². The molecule has 18 heavy (non-hydrogen) atoms. The van der Waals surface area contributed by atoms with Crippen LogP contribution < -0.4 is 0 Å². The highest BCUT2D eigenvalue weighted by atomic mass is 35.5. The van der Waals surface area contributed by atoms with E-state index in [0.29, 0.717) is 10.6 Å².